The van der Waals surface area contributed by atoms with Crippen LogP contribution in [0.15, 0.2) is 29.9 Å². The summed E-state index contributed by atoms with van der Waals surface area (Å²) in [6.07, 6.45) is 1.78. The van der Waals surface area contributed by atoms with Crippen LogP contribution in [0.2, 0.25) is 5.02 Å². The summed E-state index contributed by atoms with van der Waals surface area (Å²) in [6, 6.07) is 5.57. The Hall–Kier alpha value is -1.10. The van der Waals surface area contributed by atoms with Gasteiger partial charge in [-0.1, -0.05) is 17.7 Å². The Morgan fingerprint density at radius 3 is 2.94 bits per heavy atom. The predicted molar refractivity (Wildman–Crippen MR) is 65.8 cm³/mol. The number of rotatable bonds is 4. The Morgan fingerprint density at radius 1 is 1.44 bits per heavy atom. The minimum absolute atomic E-state index is 0.481. The SMILES string of the molecule is NCc1ccc(OCc2cncs2)c(Cl)c1. The molecule has 5 heteroatoms. The van der Waals surface area contributed by atoms with Crippen LogP contribution in [0.5, 0.6) is 5.75 Å². The van der Waals surface area contributed by atoms with Crippen molar-refractivity contribution in [3.05, 3.63) is 45.4 Å². The molecule has 0 aliphatic rings. The number of aromatic nitrogens is 1. The third-order valence-electron chi connectivity index (χ3n) is 2.09. The number of hydrogen-bond donors (Lipinski definition) is 1. The molecule has 2 rings (SSSR count). The molecule has 0 aliphatic carbocycles. The number of benzene rings is 1. The largest absolute Gasteiger partial charge is 0.486 e. The first-order chi connectivity index (χ1) is 7.79. The fourth-order valence-electron chi connectivity index (χ4n) is 1.25. The molecular weight excluding hydrogens is 244 g/mol. The van der Waals surface area contributed by atoms with E-state index in [1.807, 2.05) is 18.2 Å². The van der Waals surface area contributed by atoms with Crippen molar-refractivity contribution < 1.29 is 4.74 Å². The summed E-state index contributed by atoms with van der Waals surface area (Å²) in [4.78, 5) is 5.04. The first-order valence-electron chi connectivity index (χ1n) is 4.78. The summed E-state index contributed by atoms with van der Waals surface area (Å²) in [5.41, 5.74) is 8.28. The summed E-state index contributed by atoms with van der Waals surface area (Å²) in [7, 11) is 0. The molecule has 1 heterocycles. The maximum Gasteiger partial charge on any atom is 0.138 e. The van der Waals surface area contributed by atoms with Crippen LogP contribution in [0.1, 0.15) is 10.4 Å². The molecule has 0 atom stereocenters. The van der Waals surface area contributed by atoms with Crippen LogP contribution < -0.4 is 10.5 Å². The molecule has 1 aromatic heterocycles. The van der Waals surface area contributed by atoms with Gasteiger partial charge < -0.3 is 10.5 Å². The number of nitrogens with two attached hydrogens (primary N) is 1. The molecule has 84 valence electrons. The van der Waals surface area contributed by atoms with Crippen molar-refractivity contribution in [2.75, 3.05) is 0 Å². The normalized spacial score (nSPS) is 10.4. The third-order valence-corrected chi connectivity index (χ3v) is 3.13. The fraction of sp³-hybridized carbons (Fsp3) is 0.182. The Morgan fingerprint density at radius 2 is 2.31 bits per heavy atom. The van der Waals surface area contributed by atoms with E-state index in [1.165, 1.54) is 0 Å². The van der Waals surface area contributed by atoms with Gasteiger partial charge in [0.25, 0.3) is 0 Å². The van der Waals surface area contributed by atoms with Gasteiger partial charge in [0.05, 0.1) is 15.4 Å². The van der Waals surface area contributed by atoms with Crippen LogP contribution >= 0.6 is 22.9 Å². The summed E-state index contributed by atoms with van der Waals surface area (Å²) < 4.78 is 5.58. The third kappa shape index (κ3) is 2.72. The molecule has 0 aliphatic heterocycles. The van der Waals surface area contributed by atoms with E-state index in [0.717, 1.165) is 10.4 Å². The molecule has 0 bridgehead atoms. The van der Waals surface area contributed by atoms with Crippen molar-refractivity contribution in [2.24, 2.45) is 5.73 Å². The molecule has 0 fully saturated rings. The number of halogens is 1. The first-order valence-corrected chi connectivity index (χ1v) is 6.04. The van der Waals surface area contributed by atoms with Crippen LogP contribution in [0, 0.1) is 0 Å². The molecule has 0 amide bonds. The smallest absolute Gasteiger partial charge is 0.138 e. The molecule has 2 aromatic rings. The van der Waals surface area contributed by atoms with E-state index in [4.69, 9.17) is 22.1 Å². The molecule has 16 heavy (non-hydrogen) atoms. The van der Waals surface area contributed by atoms with Gasteiger partial charge in [0.2, 0.25) is 0 Å². The fourth-order valence-corrected chi connectivity index (χ4v) is 2.01. The zero-order chi connectivity index (χ0) is 11.4. The summed E-state index contributed by atoms with van der Waals surface area (Å²) in [5, 5.41) is 0.590. The number of hydrogen-bond acceptors (Lipinski definition) is 4. The summed E-state index contributed by atoms with van der Waals surface area (Å²) >= 11 is 7.61. The van der Waals surface area contributed by atoms with Crippen molar-refractivity contribution >= 4 is 22.9 Å². The lowest BCUT2D eigenvalue weighted by atomic mass is 10.2. The predicted octanol–water partition coefficient (Wildman–Crippen LogP) is 2.83. The van der Waals surface area contributed by atoms with Crippen molar-refractivity contribution in [3.8, 4) is 5.75 Å². The highest BCUT2D eigenvalue weighted by Gasteiger charge is 2.03. The van der Waals surface area contributed by atoms with Gasteiger partial charge in [0.15, 0.2) is 0 Å². The van der Waals surface area contributed by atoms with Crippen molar-refractivity contribution in [1.29, 1.82) is 0 Å². The Labute approximate surface area is 103 Å². The van der Waals surface area contributed by atoms with Gasteiger partial charge in [-0.3, -0.25) is 4.98 Å². The Bertz CT molecular complexity index is 459. The van der Waals surface area contributed by atoms with E-state index in [1.54, 1.807) is 23.0 Å². The molecule has 0 spiro atoms. The van der Waals surface area contributed by atoms with E-state index in [-0.39, 0.29) is 0 Å². The maximum absolute atomic E-state index is 6.06. The van der Waals surface area contributed by atoms with Gasteiger partial charge in [-0.05, 0) is 17.7 Å². The van der Waals surface area contributed by atoms with Crippen LogP contribution in [-0.2, 0) is 13.2 Å². The van der Waals surface area contributed by atoms with E-state index in [9.17, 15) is 0 Å². The highest BCUT2D eigenvalue weighted by Crippen LogP contribution is 2.26. The zero-order valence-electron chi connectivity index (χ0n) is 8.52. The molecular formula is C11H11ClN2OS. The maximum atomic E-state index is 6.06. The van der Waals surface area contributed by atoms with Crippen LogP contribution in [0.4, 0.5) is 0 Å². The molecule has 3 nitrogen and oxygen atoms in total. The molecule has 0 saturated carbocycles. The molecule has 2 N–H and O–H groups in total. The minimum atomic E-state index is 0.481. The lowest BCUT2D eigenvalue weighted by Gasteiger charge is -2.07. The second-order valence-electron chi connectivity index (χ2n) is 3.23. The highest BCUT2D eigenvalue weighted by atomic mass is 35.5. The van der Waals surface area contributed by atoms with E-state index < -0.39 is 0 Å². The molecule has 0 radical (unpaired) electrons. The zero-order valence-corrected chi connectivity index (χ0v) is 10.1. The number of nitrogens with zero attached hydrogens (tertiary/aromatic N) is 1. The number of ether oxygens (including phenoxy) is 1. The van der Waals surface area contributed by atoms with E-state index in [2.05, 4.69) is 4.98 Å². The Kier molecular flexibility index (Phi) is 3.77. The van der Waals surface area contributed by atoms with Crippen molar-refractivity contribution in [2.45, 2.75) is 13.2 Å². The monoisotopic (exact) mass is 254 g/mol. The standard InChI is InChI=1S/C11H11ClN2OS/c12-10-3-8(4-13)1-2-11(10)15-6-9-5-14-7-16-9/h1-3,5,7H,4,6,13H2. The highest BCUT2D eigenvalue weighted by molar-refractivity contribution is 7.09. The molecule has 1 aromatic carbocycles. The second kappa shape index (κ2) is 5.30. The van der Waals surface area contributed by atoms with E-state index in [0.29, 0.717) is 23.9 Å². The average Bonchev–Trinajstić information content (AvgIpc) is 2.80. The van der Waals surface area contributed by atoms with Crippen LogP contribution in [0.25, 0.3) is 0 Å². The topological polar surface area (TPSA) is 48.1 Å². The van der Waals surface area contributed by atoms with Gasteiger partial charge in [-0.25, -0.2) is 0 Å². The summed E-state index contributed by atoms with van der Waals surface area (Å²) in [5.74, 6) is 0.673. The first kappa shape index (κ1) is 11.4. The van der Waals surface area contributed by atoms with Crippen LogP contribution in [0.3, 0.4) is 0 Å². The molecule has 0 saturated heterocycles. The van der Waals surface area contributed by atoms with Crippen LogP contribution in [-0.4, -0.2) is 4.98 Å². The minimum Gasteiger partial charge on any atom is -0.486 e. The quantitative estimate of drug-likeness (QED) is 0.913. The lowest BCUT2D eigenvalue weighted by Crippen LogP contribution is -1.98. The van der Waals surface area contributed by atoms with Crippen molar-refractivity contribution in [1.82, 2.24) is 4.98 Å². The van der Waals surface area contributed by atoms with Gasteiger partial charge in [0.1, 0.15) is 12.4 Å². The summed E-state index contributed by atoms with van der Waals surface area (Å²) in [6.45, 7) is 0.973. The van der Waals surface area contributed by atoms with Gasteiger partial charge >= 0.3 is 0 Å². The van der Waals surface area contributed by atoms with Gasteiger partial charge in [-0.2, -0.15) is 0 Å². The van der Waals surface area contributed by atoms with Gasteiger partial charge in [-0.15, -0.1) is 11.3 Å². The van der Waals surface area contributed by atoms with Gasteiger partial charge in [0, 0.05) is 12.7 Å². The second-order valence-corrected chi connectivity index (χ2v) is 4.60. The Balaban J connectivity index is 2.04. The van der Waals surface area contributed by atoms with Crippen molar-refractivity contribution in [3.63, 3.8) is 0 Å². The molecule has 0 unspecified atom stereocenters. The average molecular weight is 255 g/mol. The lowest BCUT2D eigenvalue weighted by molar-refractivity contribution is 0.309. The number of thiazole rings is 1. The van der Waals surface area contributed by atoms with E-state index >= 15 is 0 Å².